The highest BCUT2D eigenvalue weighted by molar-refractivity contribution is 6.30. The maximum atomic E-state index is 6.35. The zero-order valence-electron chi connectivity index (χ0n) is 16.9. The van der Waals surface area contributed by atoms with Crippen LogP contribution in [0.2, 0.25) is 5.02 Å². The summed E-state index contributed by atoms with van der Waals surface area (Å²) in [7, 11) is 0. The Labute approximate surface area is 187 Å². The van der Waals surface area contributed by atoms with Crippen molar-refractivity contribution in [3.8, 4) is 33.9 Å². The Balaban J connectivity index is 1.81. The average Bonchev–Trinajstić information content (AvgIpc) is 3.20. The van der Waals surface area contributed by atoms with E-state index >= 15 is 0 Å². The summed E-state index contributed by atoms with van der Waals surface area (Å²) >= 11 is 6.35. The van der Waals surface area contributed by atoms with Crippen LogP contribution in [0.1, 0.15) is 5.56 Å². The lowest BCUT2D eigenvalue weighted by Crippen LogP contribution is -2.04. The Morgan fingerprint density at radius 2 is 1.19 bits per heavy atom. The molecule has 0 aliphatic heterocycles. The highest BCUT2D eigenvalue weighted by atomic mass is 35.5. The number of benzene rings is 4. The van der Waals surface area contributed by atoms with Gasteiger partial charge in [0.2, 0.25) is 0 Å². The van der Waals surface area contributed by atoms with Crippen molar-refractivity contribution in [1.82, 2.24) is 9.55 Å². The molecule has 3 heteroatoms. The van der Waals surface area contributed by atoms with E-state index in [0.717, 1.165) is 33.9 Å². The standard InChI is InChI=1S/C28H21ClN2/c29-25-18-10-17-24(19-25)28-30-26(22-13-6-2-7-14-22)27(23-15-8-3-9-16-23)31(28)20-21-11-4-1-5-12-21/h1-19H,20H2. The number of hydrogen-bond acceptors (Lipinski definition) is 1. The Kier molecular flexibility index (Phi) is 5.39. The summed E-state index contributed by atoms with van der Waals surface area (Å²) in [6, 6.07) is 39.3. The predicted molar refractivity (Wildman–Crippen MR) is 129 cm³/mol. The molecule has 0 N–H and O–H groups in total. The first-order valence-corrected chi connectivity index (χ1v) is 10.7. The molecule has 5 rings (SSSR count). The smallest absolute Gasteiger partial charge is 0.141 e. The van der Waals surface area contributed by atoms with E-state index in [1.807, 2.05) is 36.4 Å². The first-order valence-electron chi connectivity index (χ1n) is 10.3. The van der Waals surface area contributed by atoms with Crippen LogP contribution in [-0.4, -0.2) is 9.55 Å². The fraction of sp³-hybridized carbons (Fsp3) is 0.0357. The Morgan fingerprint density at radius 3 is 1.84 bits per heavy atom. The van der Waals surface area contributed by atoms with Gasteiger partial charge in [-0.25, -0.2) is 4.98 Å². The van der Waals surface area contributed by atoms with Crippen LogP contribution in [0.4, 0.5) is 0 Å². The lowest BCUT2D eigenvalue weighted by molar-refractivity contribution is 0.814. The molecule has 0 atom stereocenters. The molecule has 0 aliphatic rings. The van der Waals surface area contributed by atoms with E-state index < -0.39 is 0 Å². The van der Waals surface area contributed by atoms with Crippen LogP contribution in [-0.2, 0) is 6.54 Å². The second-order valence-electron chi connectivity index (χ2n) is 7.45. The molecule has 1 aromatic heterocycles. The highest BCUT2D eigenvalue weighted by Crippen LogP contribution is 2.37. The van der Waals surface area contributed by atoms with Crippen molar-refractivity contribution in [2.45, 2.75) is 6.54 Å². The number of nitrogens with zero attached hydrogens (tertiary/aromatic N) is 2. The van der Waals surface area contributed by atoms with Crippen molar-refractivity contribution in [3.63, 3.8) is 0 Å². The number of halogens is 1. The van der Waals surface area contributed by atoms with E-state index in [-0.39, 0.29) is 0 Å². The van der Waals surface area contributed by atoms with Crippen LogP contribution >= 0.6 is 11.6 Å². The molecular formula is C28H21ClN2. The van der Waals surface area contributed by atoms with Gasteiger partial charge in [0.25, 0.3) is 0 Å². The number of aromatic nitrogens is 2. The second-order valence-corrected chi connectivity index (χ2v) is 7.88. The predicted octanol–water partition coefficient (Wildman–Crippen LogP) is 7.59. The van der Waals surface area contributed by atoms with Crippen LogP contribution in [0.3, 0.4) is 0 Å². The van der Waals surface area contributed by atoms with E-state index in [0.29, 0.717) is 11.6 Å². The first-order chi connectivity index (χ1) is 15.3. The molecule has 150 valence electrons. The molecule has 0 fully saturated rings. The minimum Gasteiger partial charge on any atom is -0.319 e. The van der Waals surface area contributed by atoms with Gasteiger partial charge in [0.1, 0.15) is 5.82 Å². The van der Waals surface area contributed by atoms with Crippen molar-refractivity contribution in [2.75, 3.05) is 0 Å². The summed E-state index contributed by atoms with van der Waals surface area (Å²) < 4.78 is 2.30. The van der Waals surface area contributed by atoms with Crippen LogP contribution in [0, 0.1) is 0 Å². The molecule has 2 nitrogen and oxygen atoms in total. The Morgan fingerprint density at radius 1 is 0.613 bits per heavy atom. The molecule has 0 radical (unpaired) electrons. The van der Waals surface area contributed by atoms with Gasteiger partial charge in [0.15, 0.2) is 0 Å². The van der Waals surface area contributed by atoms with Gasteiger partial charge < -0.3 is 4.57 Å². The fourth-order valence-electron chi connectivity index (χ4n) is 3.91. The van der Waals surface area contributed by atoms with Crippen LogP contribution in [0.5, 0.6) is 0 Å². The van der Waals surface area contributed by atoms with E-state index in [2.05, 4.69) is 83.4 Å². The maximum Gasteiger partial charge on any atom is 0.141 e. The summed E-state index contributed by atoms with van der Waals surface area (Å²) in [4.78, 5) is 5.17. The normalized spacial score (nSPS) is 10.9. The molecule has 0 aliphatic carbocycles. The third-order valence-electron chi connectivity index (χ3n) is 5.33. The SMILES string of the molecule is Clc1cccc(-c2nc(-c3ccccc3)c(-c3ccccc3)n2Cc2ccccc2)c1. The van der Waals surface area contributed by atoms with Gasteiger partial charge in [0, 0.05) is 28.3 Å². The topological polar surface area (TPSA) is 17.8 Å². The van der Waals surface area contributed by atoms with Gasteiger partial charge in [-0.05, 0) is 17.7 Å². The summed E-state index contributed by atoms with van der Waals surface area (Å²) in [5.41, 5.74) is 6.53. The van der Waals surface area contributed by atoms with E-state index in [1.165, 1.54) is 5.56 Å². The van der Waals surface area contributed by atoms with Crippen molar-refractivity contribution >= 4 is 11.6 Å². The van der Waals surface area contributed by atoms with Crippen molar-refractivity contribution in [1.29, 1.82) is 0 Å². The minimum absolute atomic E-state index is 0.703. The quantitative estimate of drug-likeness (QED) is 0.286. The van der Waals surface area contributed by atoms with Gasteiger partial charge in [-0.2, -0.15) is 0 Å². The maximum absolute atomic E-state index is 6.35. The van der Waals surface area contributed by atoms with Gasteiger partial charge in [-0.3, -0.25) is 0 Å². The molecular weight excluding hydrogens is 400 g/mol. The molecule has 4 aromatic carbocycles. The summed E-state index contributed by atoms with van der Waals surface area (Å²) in [5.74, 6) is 0.907. The number of imidazole rings is 1. The molecule has 1 heterocycles. The van der Waals surface area contributed by atoms with Gasteiger partial charge in [0.05, 0.1) is 11.4 Å². The molecule has 0 spiro atoms. The molecule has 31 heavy (non-hydrogen) atoms. The van der Waals surface area contributed by atoms with E-state index in [4.69, 9.17) is 16.6 Å². The minimum atomic E-state index is 0.703. The van der Waals surface area contributed by atoms with Crippen LogP contribution in [0.25, 0.3) is 33.9 Å². The largest absolute Gasteiger partial charge is 0.319 e. The molecule has 0 saturated heterocycles. The monoisotopic (exact) mass is 420 g/mol. The average molecular weight is 421 g/mol. The van der Waals surface area contributed by atoms with Crippen molar-refractivity contribution < 1.29 is 0 Å². The van der Waals surface area contributed by atoms with E-state index in [9.17, 15) is 0 Å². The lowest BCUT2D eigenvalue weighted by Gasteiger charge is -2.14. The Hall–Kier alpha value is -3.62. The summed E-state index contributed by atoms with van der Waals surface area (Å²) in [6.07, 6.45) is 0. The first kappa shape index (κ1) is 19.3. The van der Waals surface area contributed by atoms with Crippen molar-refractivity contribution in [2.24, 2.45) is 0 Å². The second kappa shape index (κ2) is 8.63. The molecule has 0 bridgehead atoms. The van der Waals surface area contributed by atoms with Crippen molar-refractivity contribution in [3.05, 3.63) is 126 Å². The van der Waals surface area contributed by atoms with Gasteiger partial charge in [-0.1, -0.05) is 115 Å². The summed E-state index contributed by atoms with van der Waals surface area (Å²) in [6.45, 7) is 0.715. The fourth-order valence-corrected chi connectivity index (χ4v) is 4.10. The van der Waals surface area contributed by atoms with Crippen LogP contribution in [0.15, 0.2) is 115 Å². The molecule has 5 aromatic rings. The highest BCUT2D eigenvalue weighted by Gasteiger charge is 2.21. The molecule has 0 amide bonds. The van der Waals surface area contributed by atoms with Crippen LogP contribution < -0.4 is 0 Å². The number of hydrogen-bond donors (Lipinski definition) is 0. The zero-order valence-corrected chi connectivity index (χ0v) is 17.7. The Bertz CT molecular complexity index is 1290. The molecule has 0 unspecified atom stereocenters. The lowest BCUT2D eigenvalue weighted by atomic mass is 10.0. The van der Waals surface area contributed by atoms with E-state index in [1.54, 1.807) is 0 Å². The summed E-state index contributed by atoms with van der Waals surface area (Å²) in [5, 5.41) is 0.703. The third kappa shape index (κ3) is 4.03. The van der Waals surface area contributed by atoms with Gasteiger partial charge in [-0.15, -0.1) is 0 Å². The zero-order chi connectivity index (χ0) is 21.0. The third-order valence-corrected chi connectivity index (χ3v) is 5.56. The van der Waals surface area contributed by atoms with Gasteiger partial charge >= 0.3 is 0 Å². The molecule has 0 saturated carbocycles. The number of rotatable bonds is 5.